The minimum atomic E-state index is -0.419. The van der Waals surface area contributed by atoms with Gasteiger partial charge in [-0.2, -0.15) is 0 Å². The summed E-state index contributed by atoms with van der Waals surface area (Å²) in [6, 6.07) is 10.0. The van der Waals surface area contributed by atoms with Gasteiger partial charge in [-0.25, -0.2) is 4.39 Å². The van der Waals surface area contributed by atoms with Crippen molar-refractivity contribution in [2.24, 2.45) is 0 Å². The maximum atomic E-state index is 12.8. The Bertz CT molecular complexity index is 644. The summed E-state index contributed by atoms with van der Waals surface area (Å²) < 4.78 is 17.7. The normalized spacial score (nSPS) is 10.4. The van der Waals surface area contributed by atoms with Crippen molar-refractivity contribution in [3.05, 3.63) is 52.5 Å². The van der Waals surface area contributed by atoms with Crippen molar-refractivity contribution in [2.45, 2.75) is 17.7 Å². The number of carbonyl (C=O) groups is 2. The molecule has 4 nitrogen and oxygen atoms in total. The fourth-order valence-electron chi connectivity index (χ4n) is 1.83. The molecule has 24 heavy (non-hydrogen) atoms. The van der Waals surface area contributed by atoms with E-state index in [1.165, 1.54) is 28.8 Å². The van der Waals surface area contributed by atoms with Crippen molar-refractivity contribution in [1.82, 2.24) is 5.32 Å². The van der Waals surface area contributed by atoms with Gasteiger partial charge in [0.2, 0.25) is 0 Å². The zero-order valence-electron chi connectivity index (χ0n) is 13.0. The lowest BCUT2D eigenvalue weighted by Gasteiger charge is -2.06. The molecule has 0 fully saturated rings. The van der Waals surface area contributed by atoms with E-state index < -0.39 is 5.97 Å². The fraction of sp³-hybridized carbons (Fsp3) is 0.294. The molecule has 1 heterocycles. The van der Waals surface area contributed by atoms with Crippen molar-refractivity contribution >= 4 is 35.0 Å². The molecular formula is C17H18FNO3S2. The van der Waals surface area contributed by atoms with Gasteiger partial charge in [-0.05, 0) is 42.1 Å². The number of rotatable bonds is 9. The Balaban J connectivity index is 1.53. The Morgan fingerprint density at radius 1 is 1.21 bits per heavy atom. The molecule has 0 spiro atoms. The van der Waals surface area contributed by atoms with E-state index in [2.05, 4.69) is 5.32 Å². The second kappa shape index (κ2) is 10.1. The number of thiophene rings is 1. The number of carbonyl (C=O) groups excluding carboxylic acids is 2. The summed E-state index contributed by atoms with van der Waals surface area (Å²) in [7, 11) is 0. The molecule has 7 heteroatoms. The molecule has 0 radical (unpaired) electrons. The molecule has 0 unspecified atom stereocenters. The van der Waals surface area contributed by atoms with Gasteiger partial charge in [0, 0.05) is 22.1 Å². The van der Waals surface area contributed by atoms with E-state index in [4.69, 9.17) is 4.74 Å². The number of halogens is 1. The van der Waals surface area contributed by atoms with Crippen LogP contribution in [-0.2, 0) is 20.7 Å². The summed E-state index contributed by atoms with van der Waals surface area (Å²) in [6.45, 7) is 0.266. The third-order valence-corrected chi connectivity index (χ3v) is 4.98. The van der Waals surface area contributed by atoms with Crippen molar-refractivity contribution in [3.8, 4) is 0 Å². The van der Waals surface area contributed by atoms with Gasteiger partial charge in [0.25, 0.3) is 5.91 Å². The van der Waals surface area contributed by atoms with E-state index in [0.717, 1.165) is 11.3 Å². The summed E-state index contributed by atoms with van der Waals surface area (Å²) in [4.78, 5) is 25.2. The first-order chi connectivity index (χ1) is 11.6. The van der Waals surface area contributed by atoms with Crippen LogP contribution in [-0.4, -0.2) is 30.8 Å². The molecule has 0 atom stereocenters. The quantitative estimate of drug-likeness (QED) is 0.546. The predicted octanol–water partition coefficient (Wildman–Crippen LogP) is 3.27. The summed E-state index contributed by atoms with van der Waals surface area (Å²) >= 11 is 3.08. The van der Waals surface area contributed by atoms with Gasteiger partial charge in [-0.1, -0.05) is 6.07 Å². The molecule has 1 aromatic carbocycles. The van der Waals surface area contributed by atoms with Crippen LogP contribution in [0.4, 0.5) is 4.39 Å². The van der Waals surface area contributed by atoms with Gasteiger partial charge in [0.1, 0.15) is 5.82 Å². The van der Waals surface area contributed by atoms with E-state index in [1.807, 2.05) is 17.5 Å². The standard InChI is InChI=1S/C17H18FNO3S2/c18-13-3-5-15(6-4-13)24-11-8-17(21)22-12-16(20)19-9-7-14-2-1-10-23-14/h1-6,10H,7-9,11-12H2,(H,19,20). The lowest BCUT2D eigenvalue weighted by Crippen LogP contribution is -2.30. The number of benzene rings is 1. The molecule has 128 valence electrons. The minimum Gasteiger partial charge on any atom is -0.456 e. The van der Waals surface area contributed by atoms with Crippen molar-refractivity contribution in [2.75, 3.05) is 18.9 Å². The first-order valence-corrected chi connectivity index (χ1v) is 9.33. The number of thioether (sulfide) groups is 1. The molecule has 1 aromatic heterocycles. The topological polar surface area (TPSA) is 55.4 Å². The molecule has 0 aliphatic heterocycles. The van der Waals surface area contributed by atoms with Crippen molar-refractivity contribution in [1.29, 1.82) is 0 Å². The van der Waals surface area contributed by atoms with Gasteiger partial charge in [0.15, 0.2) is 6.61 Å². The third kappa shape index (κ3) is 7.14. The van der Waals surface area contributed by atoms with E-state index in [-0.39, 0.29) is 24.8 Å². The molecule has 0 aliphatic carbocycles. The zero-order valence-corrected chi connectivity index (χ0v) is 14.6. The summed E-state index contributed by atoms with van der Waals surface area (Å²) in [5, 5.41) is 4.70. The molecule has 2 aromatic rings. The highest BCUT2D eigenvalue weighted by molar-refractivity contribution is 7.99. The van der Waals surface area contributed by atoms with Crippen LogP contribution in [0.25, 0.3) is 0 Å². The van der Waals surface area contributed by atoms with Crippen LogP contribution in [0.3, 0.4) is 0 Å². The van der Waals surface area contributed by atoms with Crippen LogP contribution in [0.15, 0.2) is 46.7 Å². The Morgan fingerprint density at radius 3 is 2.71 bits per heavy atom. The molecule has 2 rings (SSSR count). The maximum Gasteiger partial charge on any atom is 0.307 e. The summed E-state index contributed by atoms with van der Waals surface area (Å²) in [5.74, 6) is -0.488. The number of hydrogen-bond acceptors (Lipinski definition) is 5. The first kappa shape index (κ1) is 18.5. The lowest BCUT2D eigenvalue weighted by atomic mass is 10.3. The van der Waals surface area contributed by atoms with Crippen LogP contribution in [0, 0.1) is 5.82 Å². The van der Waals surface area contributed by atoms with Crippen LogP contribution in [0.1, 0.15) is 11.3 Å². The first-order valence-electron chi connectivity index (χ1n) is 7.46. The monoisotopic (exact) mass is 367 g/mol. The van der Waals surface area contributed by atoms with Crippen LogP contribution in [0.5, 0.6) is 0 Å². The Morgan fingerprint density at radius 2 is 2.00 bits per heavy atom. The maximum absolute atomic E-state index is 12.8. The van der Waals surface area contributed by atoms with E-state index in [9.17, 15) is 14.0 Å². The third-order valence-electron chi connectivity index (χ3n) is 3.03. The second-order valence-corrected chi connectivity index (χ2v) is 7.09. The van der Waals surface area contributed by atoms with E-state index in [1.54, 1.807) is 23.5 Å². The van der Waals surface area contributed by atoms with Gasteiger partial charge in [0.05, 0.1) is 6.42 Å². The number of nitrogens with one attached hydrogen (secondary N) is 1. The van der Waals surface area contributed by atoms with Gasteiger partial charge in [-0.3, -0.25) is 9.59 Å². The minimum absolute atomic E-state index is 0.199. The summed E-state index contributed by atoms with van der Waals surface area (Å²) in [6.07, 6.45) is 0.968. The Hall–Kier alpha value is -1.86. The smallest absolute Gasteiger partial charge is 0.307 e. The van der Waals surface area contributed by atoms with Crippen molar-refractivity contribution < 1.29 is 18.7 Å². The van der Waals surface area contributed by atoms with Gasteiger partial charge < -0.3 is 10.1 Å². The predicted molar refractivity (Wildman–Crippen MR) is 93.7 cm³/mol. The highest BCUT2D eigenvalue weighted by Gasteiger charge is 2.08. The molecule has 1 N–H and O–H groups in total. The zero-order chi connectivity index (χ0) is 17.2. The molecule has 1 amide bonds. The molecule has 0 bridgehead atoms. The number of amides is 1. The number of ether oxygens (including phenoxy) is 1. The number of esters is 1. The molecule has 0 aliphatic rings. The fourth-order valence-corrected chi connectivity index (χ4v) is 3.37. The van der Waals surface area contributed by atoms with Crippen LogP contribution < -0.4 is 5.32 Å². The average Bonchev–Trinajstić information content (AvgIpc) is 3.08. The van der Waals surface area contributed by atoms with Crippen molar-refractivity contribution in [3.63, 3.8) is 0 Å². The Labute approximate surface area is 148 Å². The van der Waals surface area contributed by atoms with E-state index in [0.29, 0.717) is 12.3 Å². The second-order valence-electron chi connectivity index (χ2n) is 4.89. The highest BCUT2D eigenvalue weighted by Crippen LogP contribution is 2.18. The van der Waals surface area contributed by atoms with E-state index >= 15 is 0 Å². The number of hydrogen-bond donors (Lipinski definition) is 1. The summed E-state index contributed by atoms with van der Waals surface area (Å²) in [5.41, 5.74) is 0. The molecule has 0 saturated heterocycles. The SMILES string of the molecule is O=C(COC(=O)CCSc1ccc(F)cc1)NCCc1cccs1. The lowest BCUT2D eigenvalue weighted by molar-refractivity contribution is -0.148. The van der Waals surface area contributed by atoms with Gasteiger partial charge in [-0.15, -0.1) is 23.1 Å². The highest BCUT2D eigenvalue weighted by atomic mass is 32.2. The Kier molecular flexibility index (Phi) is 7.77. The van der Waals surface area contributed by atoms with Crippen LogP contribution in [0.2, 0.25) is 0 Å². The van der Waals surface area contributed by atoms with Crippen LogP contribution >= 0.6 is 23.1 Å². The average molecular weight is 367 g/mol. The molecular weight excluding hydrogens is 349 g/mol. The molecule has 0 saturated carbocycles. The van der Waals surface area contributed by atoms with Gasteiger partial charge >= 0.3 is 5.97 Å². The largest absolute Gasteiger partial charge is 0.456 e.